The van der Waals surface area contributed by atoms with Crippen molar-refractivity contribution in [3.05, 3.63) is 65.7 Å². The fourth-order valence-corrected chi connectivity index (χ4v) is 2.35. The Labute approximate surface area is 144 Å². The molecule has 0 unspecified atom stereocenters. The summed E-state index contributed by atoms with van der Waals surface area (Å²) in [7, 11) is 0. The summed E-state index contributed by atoms with van der Waals surface area (Å²) in [6.07, 6.45) is 2.96. The molecule has 0 fully saturated rings. The van der Waals surface area contributed by atoms with E-state index in [2.05, 4.69) is 15.4 Å². The lowest BCUT2D eigenvalue weighted by molar-refractivity contribution is -0.118. The summed E-state index contributed by atoms with van der Waals surface area (Å²) in [5.41, 5.74) is 2.27. The van der Waals surface area contributed by atoms with E-state index in [0.717, 1.165) is 5.56 Å². The van der Waals surface area contributed by atoms with Gasteiger partial charge in [-0.15, -0.1) is 0 Å². The van der Waals surface area contributed by atoms with Crippen LogP contribution in [-0.2, 0) is 4.79 Å². The third kappa shape index (κ3) is 3.91. The highest BCUT2D eigenvalue weighted by Crippen LogP contribution is 2.24. The van der Waals surface area contributed by atoms with Gasteiger partial charge in [0, 0.05) is 5.02 Å². The monoisotopic (exact) mass is 342 g/mol. The lowest BCUT2D eigenvalue weighted by Crippen LogP contribution is -2.21. The van der Waals surface area contributed by atoms with Crippen LogP contribution in [0.1, 0.15) is 5.56 Å². The Balaban J connectivity index is 1.71. The van der Waals surface area contributed by atoms with Crippen molar-refractivity contribution in [3.8, 4) is 11.4 Å². The van der Waals surface area contributed by atoms with Gasteiger partial charge in [0.05, 0.1) is 11.4 Å². The van der Waals surface area contributed by atoms with Crippen LogP contribution in [0.25, 0.3) is 5.69 Å². The molecule has 1 amide bonds. The maximum Gasteiger partial charge on any atom is 0.262 e. The zero-order valence-electron chi connectivity index (χ0n) is 12.9. The van der Waals surface area contributed by atoms with Crippen molar-refractivity contribution in [1.82, 2.24) is 14.8 Å². The SMILES string of the molecule is Cc1cccc(OCC(=O)Nc2cc(Cl)ccc2-n2cncn2)c1. The van der Waals surface area contributed by atoms with Gasteiger partial charge in [0.25, 0.3) is 5.91 Å². The second-order valence-electron chi connectivity index (χ2n) is 5.15. The second kappa shape index (κ2) is 7.14. The molecule has 0 saturated carbocycles. The molecule has 7 heteroatoms. The fourth-order valence-electron chi connectivity index (χ4n) is 2.18. The maximum absolute atomic E-state index is 12.2. The highest BCUT2D eigenvalue weighted by Gasteiger charge is 2.11. The number of aryl methyl sites for hydroxylation is 1. The number of amides is 1. The van der Waals surface area contributed by atoms with Gasteiger partial charge in [-0.05, 0) is 42.8 Å². The number of nitrogens with zero attached hydrogens (tertiary/aromatic N) is 3. The van der Waals surface area contributed by atoms with E-state index in [1.165, 1.54) is 6.33 Å². The Morgan fingerprint density at radius 1 is 1.29 bits per heavy atom. The molecule has 3 rings (SSSR count). The Kier molecular flexibility index (Phi) is 4.77. The molecular formula is C17H15ClN4O2. The van der Waals surface area contributed by atoms with Gasteiger partial charge in [0.2, 0.25) is 0 Å². The summed E-state index contributed by atoms with van der Waals surface area (Å²) >= 11 is 6.02. The quantitative estimate of drug-likeness (QED) is 0.772. The van der Waals surface area contributed by atoms with Crippen molar-refractivity contribution in [3.63, 3.8) is 0 Å². The first-order chi connectivity index (χ1) is 11.6. The molecule has 0 radical (unpaired) electrons. The second-order valence-corrected chi connectivity index (χ2v) is 5.59. The maximum atomic E-state index is 12.2. The number of hydrogen-bond donors (Lipinski definition) is 1. The number of anilines is 1. The topological polar surface area (TPSA) is 69.0 Å². The van der Waals surface area contributed by atoms with Gasteiger partial charge in [-0.1, -0.05) is 23.7 Å². The molecule has 2 aromatic carbocycles. The number of aromatic nitrogens is 3. The van der Waals surface area contributed by atoms with Crippen LogP contribution in [0, 0.1) is 6.92 Å². The number of hydrogen-bond acceptors (Lipinski definition) is 4. The smallest absolute Gasteiger partial charge is 0.262 e. The Morgan fingerprint density at radius 3 is 2.92 bits per heavy atom. The van der Waals surface area contributed by atoms with Gasteiger partial charge in [-0.25, -0.2) is 9.67 Å². The highest BCUT2D eigenvalue weighted by molar-refractivity contribution is 6.31. The van der Waals surface area contributed by atoms with Crippen LogP contribution in [0.5, 0.6) is 5.75 Å². The van der Waals surface area contributed by atoms with Gasteiger partial charge >= 0.3 is 0 Å². The summed E-state index contributed by atoms with van der Waals surface area (Å²) in [4.78, 5) is 16.1. The first-order valence-corrected chi connectivity index (χ1v) is 7.63. The number of halogens is 1. The van der Waals surface area contributed by atoms with Crippen molar-refractivity contribution >= 4 is 23.2 Å². The predicted molar refractivity (Wildman–Crippen MR) is 91.7 cm³/mol. The molecule has 0 bridgehead atoms. The lowest BCUT2D eigenvalue weighted by Gasteiger charge is -2.12. The van der Waals surface area contributed by atoms with Gasteiger partial charge in [-0.2, -0.15) is 5.10 Å². The average molecular weight is 343 g/mol. The molecule has 1 N–H and O–H groups in total. The predicted octanol–water partition coefficient (Wildman–Crippen LogP) is 3.25. The van der Waals surface area contributed by atoms with Crippen molar-refractivity contribution in [2.75, 3.05) is 11.9 Å². The first-order valence-electron chi connectivity index (χ1n) is 7.26. The molecule has 0 aliphatic heterocycles. The average Bonchev–Trinajstić information content (AvgIpc) is 3.07. The number of carbonyl (C=O) groups is 1. The number of carbonyl (C=O) groups excluding carboxylic acids is 1. The van der Waals surface area contributed by atoms with Crippen molar-refractivity contribution in [2.45, 2.75) is 6.92 Å². The van der Waals surface area contributed by atoms with Crippen LogP contribution in [0.4, 0.5) is 5.69 Å². The zero-order chi connectivity index (χ0) is 16.9. The van der Waals surface area contributed by atoms with E-state index < -0.39 is 0 Å². The standard InChI is InChI=1S/C17H15ClN4O2/c1-12-3-2-4-14(7-12)24-9-17(23)21-15-8-13(18)5-6-16(15)22-11-19-10-20-22/h2-8,10-11H,9H2,1H3,(H,21,23). The van der Waals surface area contributed by atoms with E-state index in [0.29, 0.717) is 22.1 Å². The molecule has 122 valence electrons. The van der Waals surface area contributed by atoms with E-state index in [1.54, 1.807) is 35.3 Å². The van der Waals surface area contributed by atoms with E-state index in [9.17, 15) is 4.79 Å². The van der Waals surface area contributed by atoms with E-state index >= 15 is 0 Å². The molecule has 0 aliphatic carbocycles. The Bertz CT molecular complexity index is 850. The molecule has 24 heavy (non-hydrogen) atoms. The molecule has 0 spiro atoms. The van der Waals surface area contributed by atoms with Gasteiger partial charge < -0.3 is 10.1 Å². The van der Waals surface area contributed by atoms with Gasteiger partial charge in [0.15, 0.2) is 6.61 Å². The number of rotatable bonds is 5. The third-order valence-corrected chi connectivity index (χ3v) is 3.49. The van der Waals surface area contributed by atoms with Crippen molar-refractivity contribution in [2.24, 2.45) is 0 Å². The molecule has 3 aromatic rings. The van der Waals surface area contributed by atoms with E-state index in [4.69, 9.17) is 16.3 Å². The van der Waals surface area contributed by atoms with Crippen LogP contribution in [0.15, 0.2) is 55.1 Å². The fraction of sp³-hybridized carbons (Fsp3) is 0.118. The third-order valence-electron chi connectivity index (χ3n) is 3.26. The molecular weight excluding hydrogens is 328 g/mol. The molecule has 0 saturated heterocycles. The summed E-state index contributed by atoms with van der Waals surface area (Å²) in [5.74, 6) is 0.355. The van der Waals surface area contributed by atoms with Crippen LogP contribution in [-0.4, -0.2) is 27.3 Å². The molecule has 1 heterocycles. The van der Waals surface area contributed by atoms with Crippen LogP contribution in [0.3, 0.4) is 0 Å². The summed E-state index contributed by atoms with van der Waals surface area (Å²) in [6.45, 7) is 1.86. The highest BCUT2D eigenvalue weighted by atomic mass is 35.5. The molecule has 1 aromatic heterocycles. The van der Waals surface area contributed by atoms with E-state index in [1.807, 2.05) is 25.1 Å². The Morgan fingerprint density at radius 2 is 2.17 bits per heavy atom. The summed E-state index contributed by atoms with van der Waals surface area (Å²) in [5, 5.41) is 7.36. The number of nitrogens with one attached hydrogen (secondary N) is 1. The number of ether oxygens (including phenoxy) is 1. The molecule has 0 aliphatic rings. The van der Waals surface area contributed by atoms with Crippen molar-refractivity contribution < 1.29 is 9.53 Å². The summed E-state index contributed by atoms with van der Waals surface area (Å²) in [6, 6.07) is 12.6. The van der Waals surface area contributed by atoms with Gasteiger partial charge in [0.1, 0.15) is 18.4 Å². The van der Waals surface area contributed by atoms with Crippen LogP contribution >= 0.6 is 11.6 Å². The zero-order valence-corrected chi connectivity index (χ0v) is 13.7. The van der Waals surface area contributed by atoms with Crippen molar-refractivity contribution in [1.29, 1.82) is 0 Å². The summed E-state index contributed by atoms with van der Waals surface area (Å²) < 4.78 is 7.05. The minimum absolute atomic E-state index is 0.104. The molecule has 6 nitrogen and oxygen atoms in total. The Hall–Kier alpha value is -2.86. The minimum atomic E-state index is -0.292. The first kappa shape index (κ1) is 16.0. The van der Waals surface area contributed by atoms with Crippen LogP contribution < -0.4 is 10.1 Å². The van der Waals surface area contributed by atoms with E-state index in [-0.39, 0.29) is 12.5 Å². The molecule has 0 atom stereocenters. The largest absolute Gasteiger partial charge is 0.484 e. The van der Waals surface area contributed by atoms with Gasteiger partial charge in [-0.3, -0.25) is 4.79 Å². The normalized spacial score (nSPS) is 10.4. The lowest BCUT2D eigenvalue weighted by atomic mass is 10.2. The van der Waals surface area contributed by atoms with Crippen LogP contribution in [0.2, 0.25) is 5.02 Å². The minimum Gasteiger partial charge on any atom is -0.484 e. The number of benzene rings is 2.